The Labute approximate surface area is 398 Å². The zero-order chi connectivity index (χ0) is 48.2. The quantitative estimate of drug-likeness (QED) is 0.0457. The number of nitrogens with zero attached hydrogens (tertiary/aromatic N) is 2. The van der Waals surface area contributed by atoms with Crippen molar-refractivity contribution < 1.29 is 28.5 Å². The molecule has 0 radical (unpaired) electrons. The van der Waals surface area contributed by atoms with E-state index in [9.17, 15) is 14.4 Å². The van der Waals surface area contributed by atoms with E-state index >= 15 is 0 Å². The Hall–Kier alpha value is -7.31. The molecule has 0 atom stereocenters. The molecule has 346 valence electrons. The largest absolute Gasteiger partial charge is 0.465 e. The number of benzene rings is 5. The second kappa shape index (κ2) is 18.1. The zero-order valence-corrected chi connectivity index (χ0v) is 41.4. The number of nitrogens with two attached hydrogens (primary N) is 1. The molecule has 5 N–H and O–H groups in total. The molecule has 11 nitrogen and oxygen atoms in total. The molecular formula is C56H60N6O5Si+2. The van der Waals surface area contributed by atoms with Crippen molar-refractivity contribution in [2.45, 2.75) is 57.8 Å². The van der Waals surface area contributed by atoms with E-state index in [1.807, 2.05) is 105 Å². The van der Waals surface area contributed by atoms with Gasteiger partial charge in [0.15, 0.2) is 5.71 Å². The minimum absolute atomic E-state index is 0.0313. The average Bonchev–Trinajstić information content (AvgIpc) is 3.33. The Balaban J connectivity index is 0.910. The molecule has 2 amide bonds. The van der Waals surface area contributed by atoms with Crippen LogP contribution in [0, 0.1) is 6.92 Å². The molecule has 4 aromatic carbocycles. The number of nitrogens with one attached hydrogen (secondary N) is 3. The van der Waals surface area contributed by atoms with E-state index in [4.69, 9.17) is 14.9 Å². The molecule has 4 aromatic rings. The van der Waals surface area contributed by atoms with Gasteiger partial charge in [0.05, 0.1) is 18.7 Å². The van der Waals surface area contributed by atoms with E-state index in [2.05, 4.69) is 72.1 Å². The van der Waals surface area contributed by atoms with Gasteiger partial charge in [-0.25, -0.2) is 14.4 Å². The molecule has 3 aliphatic carbocycles. The number of carbonyl (C=O) groups is 3. The van der Waals surface area contributed by atoms with Crippen molar-refractivity contribution in [3.05, 3.63) is 159 Å². The summed E-state index contributed by atoms with van der Waals surface area (Å²) in [7, 11) is 9.13. The first-order valence-electron chi connectivity index (χ1n) is 23.3. The molecule has 0 unspecified atom stereocenters. The average molecular weight is 925 g/mol. The summed E-state index contributed by atoms with van der Waals surface area (Å²) in [5, 5.41) is 11.0. The number of hydrogen-bond donors (Lipinski definition) is 4. The molecule has 0 saturated heterocycles. The van der Waals surface area contributed by atoms with E-state index in [0.717, 1.165) is 50.1 Å². The van der Waals surface area contributed by atoms with Gasteiger partial charge in [-0.1, -0.05) is 31.3 Å². The van der Waals surface area contributed by atoms with E-state index in [0.29, 0.717) is 53.7 Å². The number of nitrogen functional groups attached to an aromatic ring is 1. The Morgan fingerprint density at radius 1 is 0.794 bits per heavy atom. The fourth-order valence-electron chi connectivity index (χ4n) is 10.2. The lowest BCUT2D eigenvalue weighted by molar-refractivity contribution is -0.417. The second-order valence-corrected chi connectivity index (χ2v) is 23.5. The maximum Gasteiger partial charge on any atom is 0.338 e. The summed E-state index contributed by atoms with van der Waals surface area (Å²) in [6.45, 7) is 6.85. The molecule has 0 bridgehead atoms. The molecule has 5 aliphatic rings. The Kier molecular flexibility index (Phi) is 12.2. The number of aryl methyl sites for hydroxylation is 1. The van der Waals surface area contributed by atoms with Crippen LogP contribution in [0.1, 0.15) is 73.4 Å². The lowest BCUT2D eigenvalue weighted by atomic mass is 9.87. The summed E-state index contributed by atoms with van der Waals surface area (Å²) in [5.41, 5.74) is 19.1. The SMILES string of the molecule is C[NH+]=C1C=CC2=C(c3ccc(C(=O)NC4CCC(NC(=O)c5ccc(-c6c7ccc(=[N+](C)C)cc-7oc7cc(N(C)C)ccc67)c(C(=O)OC)c5)CC4)cc3C)c3ccc(N)cc3[Si](C)(C)C2=C1. The summed E-state index contributed by atoms with van der Waals surface area (Å²) in [5.74, 6) is -0.262. The van der Waals surface area contributed by atoms with Crippen molar-refractivity contribution in [2.24, 2.45) is 0 Å². The first kappa shape index (κ1) is 45.8. The molecule has 2 aliphatic heterocycles. The summed E-state index contributed by atoms with van der Waals surface area (Å²) in [6.07, 6.45) is 9.47. The van der Waals surface area contributed by atoms with Crippen LogP contribution in [-0.4, -0.2) is 86.0 Å². The number of rotatable bonds is 8. The van der Waals surface area contributed by atoms with Gasteiger partial charge >= 0.3 is 5.97 Å². The molecule has 68 heavy (non-hydrogen) atoms. The molecule has 9 rings (SSSR count). The van der Waals surface area contributed by atoms with E-state index in [1.165, 1.54) is 34.2 Å². The molecule has 0 spiro atoms. The van der Waals surface area contributed by atoms with E-state index in [-0.39, 0.29) is 29.5 Å². The van der Waals surface area contributed by atoms with Gasteiger partial charge in [-0.05, 0) is 137 Å². The van der Waals surface area contributed by atoms with Gasteiger partial charge in [-0.3, -0.25) is 9.59 Å². The van der Waals surface area contributed by atoms with Crippen LogP contribution in [0.2, 0.25) is 13.1 Å². The second-order valence-electron chi connectivity index (χ2n) is 19.2. The highest BCUT2D eigenvalue weighted by Gasteiger charge is 2.40. The first-order valence-corrected chi connectivity index (χ1v) is 26.3. The zero-order valence-electron chi connectivity index (χ0n) is 40.4. The van der Waals surface area contributed by atoms with Gasteiger partial charge in [-0.2, -0.15) is 0 Å². The van der Waals surface area contributed by atoms with Gasteiger partial charge in [0, 0.05) is 89.5 Å². The number of ether oxygens (including phenoxy) is 1. The number of hydrogen-bond acceptors (Lipinski definition) is 7. The summed E-state index contributed by atoms with van der Waals surface area (Å²) in [6, 6.07) is 29.5. The fraction of sp³-hybridized carbons (Fsp3) is 0.268. The number of carbonyl (C=O) groups excluding carboxylic acids is 3. The van der Waals surface area contributed by atoms with E-state index in [1.54, 1.807) is 12.1 Å². The van der Waals surface area contributed by atoms with Crippen LogP contribution >= 0.6 is 0 Å². The highest BCUT2D eigenvalue weighted by molar-refractivity contribution is 6.98. The third kappa shape index (κ3) is 8.38. The number of allylic oxidation sites excluding steroid dienone is 5. The molecule has 1 fully saturated rings. The maximum absolute atomic E-state index is 13.9. The summed E-state index contributed by atoms with van der Waals surface area (Å²) < 4.78 is 13.8. The maximum atomic E-state index is 13.9. The lowest BCUT2D eigenvalue weighted by Crippen LogP contribution is -2.67. The van der Waals surface area contributed by atoms with Crippen molar-refractivity contribution in [3.8, 4) is 22.5 Å². The van der Waals surface area contributed by atoms with Crippen molar-refractivity contribution >= 4 is 64.7 Å². The fourth-order valence-corrected chi connectivity index (χ4v) is 13.3. The van der Waals surface area contributed by atoms with Crippen LogP contribution in [0.25, 0.3) is 39.0 Å². The summed E-state index contributed by atoms with van der Waals surface area (Å²) in [4.78, 5) is 46.6. The van der Waals surface area contributed by atoms with Gasteiger partial charge in [-0.15, -0.1) is 0 Å². The predicted octanol–water partition coefficient (Wildman–Crippen LogP) is 6.37. The van der Waals surface area contributed by atoms with Crippen LogP contribution in [0.3, 0.4) is 0 Å². The standard InChI is InChI=1S/C56H58N6O5Si/c1-32-26-33(10-20-41(32)52-45-22-12-35(57)28-50(45)68(8,9)51-29-38(58-2)17-23-46(51)52)54(63)59-36-13-15-37(16-14-36)60-55(64)34-11-21-42(47(27-34)56(65)66-7)53-43-24-18-39(61(3)4)30-48(43)67-49-31-40(62(5)6)19-25-44(49)53/h10-12,17-31,36-37H,13-16H2,1-9H3,(H3-,57,58,59,60,63,64)/p+2. The molecule has 0 aromatic heterocycles. The van der Waals surface area contributed by atoms with Gasteiger partial charge in [0.25, 0.3) is 11.8 Å². The molecule has 12 heteroatoms. The van der Waals surface area contributed by atoms with Gasteiger partial charge < -0.3 is 30.4 Å². The third-order valence-electron chi connectivity index (χ3n) is 14.1. The monoisotopic (exact) mass is 924 g/mol. The molecular weight excluding hydrogens is 865 g/mol. The number of methoxy groups -OCH3 is 1. The van der Waals surface area contributed by atoms with Crippen LogP contribution in [0.4, 0.5) is 11.4 Å². The third-order valence-corrected chi connectivity index (χ3v) is 17.6. The minimum atomic E-state index is -2.08. The van der Waals surface area contributed by atoms with Crippen molar-refractivity contribution in [2.75, 3.05) is 53.0 Å². The number of amides is 2. The van der Waals surface area contributed by atoms with Crippen LogP contribution < -0.4 is 41.4 Å². The Bertz CT molecular complexity index is 3250. The minimum Gasteiger partial charge on any atom is -0.465 e. The topological polar surface area (TPSA) is 144 Å². The van der Waals surface area contributed by atoms with Crippen molar-refractivity contribution in [1.82, 2.24) is 15.2 Å². The Morgan fingerprint density at radius 3 is 2.07 bits per heavy atom. The molecule has 1 saturated carbocycles. The van der Waals surface area contributed by atoms with E-state index < -0.39 is 14.0 Å². The lowest BCUT2D eigenvalue weighted by Gasteiger charge is -2.37. The van der Waals surface area contributed by atoms with Crippen molar-refractivity contribution in [3.63, 3.8) is 0 Å². The Morgan fingerprint density at radius 2 is 1.44 bits per heavy atom. The van der Waals surface area contributed by atoms with Crippen LogP contribution in [0.5, 0.6) is 0 Å². The summed E-state index contributed by atoms with van der Waals surface area (Å²) >= 11 is 0. The highest BCUT2D eigenvalue weighted by atomic mass is 28.3. The van der Waals surface area contributed by atoms with Crippen molar-refractivity contribution in [1.29, 1.82) is 0 Å². The van der Waals surface area contributed by atoms with Crippen LogP contribution in [0.15, 0.2) is 124 Å². The number of anilines is 2. The first-order chi connectivity index (χ1) is 32.6. The predicted molar refractivity (Wildman–Crippen MR) is 276 cm³/mol. The number of fused-ring (bicyclic) bond motifs is 4. The normalized spacial score (nSPS) is 17.9. The highest BCUT2D eigenvalue weighted by Crippen LogP contribution is 2.44. The molecule has 2 heterocycles. The smallest absolute Gasteiger partial charge is 0.338 e. The van der Waals surface area contributed by atoms with Crippen LogP contribution in [-0.2, 0) is 4.74 Å². The van der Waals surface area contributed by atoms with Gasteiger partial charge in [0.1, 0.15) is 40.6 Å². The number of esters is 1. The van der Waals surface area contributed by atoms with Gasteiger partial charge in [0.2, 0.25) is 5.36 Å².